The van der Waals surface area contributed by atoms with E-state index in [1.54, 1.807) is 13.1 Å². The fraction of sp³-hybridized carbons (Fsp3) is 0.619. The monoisotopic (exact) mass is 445 g/mol. The molecular formula is C21H31Cl2N2O4+. The highest BCUT2D eigenvalue weighted by atomic mass is 35.5. The Balaban J connectivity index is 0.00000145. The lowest BCUT2D eigenvalue weighted by atomic mass is 9.74. The number of alkyl halides is 1. The summed E-state index contributed by atoms with van der Waals surface area (Å²) in [6, 6.07) is 7.28. The number of ether oxygens (including phenoxy) is 2. The highest BCUT2D eigenvalue weighted by Crippen LogP contribution is 2.42. The van der Waals surface area contributed by atoms with E-state index in [4.69, 9.17) is 21.1 Å². The molecule has 1 atom stereocenters. The molecule has 1 aliphatic heterocycles. The van der Waals surface area contributed by atoms with Gasteiger partial charge in [0.05, 0.1) is 20.3 Å². The minimum absolute atomic E-state index is 0.0214. The molecule has 29 heavy (non-hydrogen) atoms. The van der Waals surface area contributed by atoms with Crippen LogP contribution in [0.15, 0.2) is 24.3 Å². The van der Waals surface area contributed by atoms with Crippen LogP contribution in [0.5, 0.6) is 0 Å². The van der Waals surface area contributed by atoms with E-state index in [9.17, 15) is 9.59 Å². The topological polar surface area (TPSA) is 55.8 Å². The van der Waals surface area contributed by atoms with Crippen LogP contribution in [0.4, 0.5) is 4.79 Å². The number of hydrogen-bond acceptors (Lipinski definition) is 4. The van der Waals surface area contributed by atoms with Crippen LogP contribution in [0.2, 0.25) is 5.02 Å². The summed E-state index contributed by atoms with van der Waals surface area (Å²) in [5.41, 5.74) is -0.375. The number of morpholine rings is 1. The first-order chi connectivity index (χ1) is 13.9. The van der Waals surface area contributed by atoms with Gasteiger partial charge in [0.1, 0.15) is 18.6 Å². The number of hydrogen-bond donors (Lipinski definition) is 0. The Hall–Kier alpha value is -1.34. The second kappa shape index (κ2) is 10.6. The Morgan fingerprint density at radius 2 is 1.90 bits per heavy atom. The molecule has 1 saturated heterocycles. The Morgan fingerprint density at radius 3 is 2.52 bits per heavy atom. The van der Waals surface area contributed by atoms with Crippen molar-refractivity contribution in [2.45, 2.75) is 31.2 Å². The number of carbonyl (C=O) groups is 2. The number of ketones is 1. The number of likely N-dealkylation sites (N-methyl/N-ethyl adjacent to an activating group) is 2. The van der Waals surface area contributed by atoms with E-state index in [1.165, 1.54) is 11.3 Å². The molecule has 0 bridgehead atoms. The summed E-state index contributed by atoms with van der Waals surface area (Å²) in [7, 11) is 3.69. The molecule has 6 nitrogen and oxygen atoms in total. The Kier molecular flexibility index (Phi) is 8.76. The van der Waals surface area contributed by atoms with Gasteiger partial charge in [-0.1, -0.05) is 29.8 Å². The third kappa shape index (κ3) is 5.23. The van der Waals surface area contributed by atoms with E-state index in [0.29, 0.717) is 41.1 Å². The maximum absolute atomic E-state index is 13.1. The molecule has 1 saturated carbocycles. The number of Topliss-reactive ketones (excluding diaryl/α,β-unsaturated/α-hetero) is 1. The van der Waals surface area contributed by atoms with Gasteiger partial charge in [-0.15, -0.1) is 11.6 Å². The SMILES string of the molecule is CCl.CN(C(=O)OC[N+]1(C)CCOCC1)C1(c2ccccc2Cl)CCCCC1=O. The summed E-state index contributed by atoms with van der Waals surface area (Å²) in [6.45, 7) is 3.17. The number of rotatable bonds is 4. The van der Waals surface area contributed by atoms with Crippen molar-refractivity contribution in [1.29, 1.82) is 0 Å². The zero-order valence-electron chi connectivity index (χ0n) is 17.5. The van der Waals surface area contributed by atoms with Crippen molar-refractivity contribution in [3.63, 3.8) is 0 Å². The zero-order chi connectivity index (χ0) is 21.5. The predicted molar refractivity (Wildman–Crippen MR) is 114 cm³/mol. The van der Waals surface area contributed by atoms with Crippen molar-refractivity contribution in [3.8, 4) is 0 Å². The molecule has 0 aromatic heterocycles. The van der Waals surface area contributed by atoms with Gasteiger partial charge in [-0.3, -0.25) is 14.2 Å². The predicted octanol–water partition coefficient (Wildman–Crippen LogP) is 4.04. The van der Waals surface area contributed by atoms with Gasteiger partial charge in [0.25, 0.3) is 0 Å². The largest absolute Gasteiger partial charge is 0.414 e. The average Bonchev–Trinajstić information content (AvgIpc) is 2.75. The van der Waals surface area contributed by atoms with E-state index in [0.717, 1.165) is 25.9 Å². The van der Waals surface area contributed by atoms with E-state index >= 15 is 0 Å². The molecule has 2 fully saturated rings. The first kappa shape index (κ1) is 23.9. The molecule has 1 heterocycles. The Labute approximate surface area is 183 Å². The molecule has 1 aliphatic carbocycles. The minimum atomic E-state index is -1.06. The number of halogens is 2. The molecule has 3 rings (SSSR count). The van der Waals surface area contributed by atoms with Gasteiger partial charge in [-0.2, -0.15) is 0 Å². The second-order valence-corrected chi connectivity index (χ2v) is 8.16. The summed E-state index contributed by atoms with van der Waals surface area (Å²) < 4.78 is 11.6. The van der Waals surface area contributed by atoms with E-state index in [2.05, 4.69) is 11.6 Å². The lowest BCUT2D eigenvalue weighted by Gasteiger charge is -2.43. The molecule has 1 aromatic carbocycles. The van der Waals surface area contributed by atoms with Gasteiger partial charge < -0.3 is 9.47 Å². The first-order valence-corrected chi connectivity index (χ1v) is 11.0. The standard InChI is InChI=1S/C20H28ClN2O4.CH3Cl/c1-22(19(25)27-15-23(2)11-13-26-14-12-23)20(10-6-5-9-18(20)24)16-7-3-4-8-17(16)21;1-2/h3-4,7-8H,5-6,9-15H2,1-2H3;1H3/q+1;. The van der Waals surface area contributed by atoms with Crippen LogP contribution >= 0.6 is 23.2 Å². The second-order valence-electron chi connectivity index (χ2n) is 7.75. The molecule has 162 valence electrons. The van der Waals surface area contributed by atoms with Crippen LogP contribution in [0.3, 0.4) is 0 Å². The molecule has 1 aromatic rings. The summed E-state index contributed by atoms with van der Waals surface area (Å²) in [6.07, 6.45) is 3.67. The number of quaternary nitrogens is 1. The molecule has 8 heteroatoms. The smallest absolute Gasteiger partial charge is 0.399 e. The lowest BCUT2D eigenvalue weighted by Crippen LogP contribution is -2.57. The maximum Gasteiger partial charge on any atom is 0.414 e. The Morgan fingerprint density at radius 1 is 1.24 bits per heavy atom. The van der Waals surface area contributed by atoms with Gasteiger partial charge in [-0.05, 0) is 25.3 Å². The van der Waals surface area contributed by atoms with Crippen LogP contribution in [0.1, 0.15) is 31.2 Å². The van der Waals surface area contributed by atoms with Crippen LogP contribution in [0, 0.1) is 0 Å². The number of benzene rings is 1. The fourth-order valence-corrected chi connectivity index (χ4v) is 4.30. The molecule has 0 spiro atoms. The summed E-state index contributed by atoms with van der Waals surface area (Å²) in [4.78, 5) is 27.4. The highest BCUT2D eigenvalue weighted by Gasteiger charge is 2.48. The van der Waals surface area contributed by atoms with Crippen LogP contribution < -0.4 is 0 Å². The third-order valence-corrected chi connectivity index (χ3v) is 6.20. The van der Waals surface area contributed by atoms with Crippen molar-refractivity contribution in [3.05, 3.63) is 34.9 Å². The maximum atomic E-state index is 13.1. The van der Waals surface area contributed by atoms with Gasteiger partial charge >= 0.3 is 6.09 Å². The molecule has 0 N–H and O–H groups in total. The summed E-state index contributed by atoms with van der Waals surface area (Å²) in [5, 5.41) is 0.500. The van der Waals surface area contributed by atoms with Gasteiger partial charge in [0.15, 0.2) is 5.78 Å². The lowest BCUT2D eigenvalue weighted by molar-refractivity contribution is -0.932. The highest BCUT2D eigenvalue weighted by molar-refractivity contribution is 6.31. The molecule has 2 aliphatic rings. The van der Waals surface area contributed by atoms with Crippen LogP contribution in [0.25, 0.3) is 0 Å². The minimum Gasteiger partial charge on any atom is -0.399 e. The quantitative estimate of drug-likeness (QED) is 0.518. The zero-order valence-corrected chi connectivity index (χ0v) is 19.0. The van der Waals surface area contributed by atoms with Crippen molar-refractivity contribution >= 4 is 35.1 Å². The van der Waals surface area contributed by atoms with Gasteiger partial charge in [0, 0.05) is 30.4 Å². The van der Waals surface area contributed by atoms with Crippen LogP contribution in [-0.2, 0) is 19.8 Å². The molecular weight excluding hydrogens is 415 g/mol. The van der Waals surface area contributed by atoms with Crippen molar-refractivity contribution in [1.82, 2.24) is 4.90 Å². The van der Waals surface area contributed by atoms with Gasteiger partial charge in [-0.25, -0.2) is 4.79 Å². The summed E-state index contributed by atoms with van der Waals surface area (Å²) in [5.74, 6) is 0.0214. The molecule has 0 radical (unpaired) electrons. The molecule has 1 unspecified atom stereocenters. The fourth-order valence-electron chi connectivity index (χ4n) is 4.01. The van der Waals surface area contributed by atoms with Crippen molar-refractivity contribution < 1.29 is 23.5 Å². The first-order valence-electron chi connectivity index (χ1n) is 9.87. The average molecular weight is 446 g/mol. The van der Waals surface area contributed by atoms with E-state index in [-0.39, 0.29) is 12.5 Å². The van der Waals surface area contributed by atoms with Crippen molar-refractivity contribution in [2.24, 2.45) is 0 Å². The van der Waals surface area contributed by atoms with Gasteiger partial charge in [0.2, 0.25) is 6.73 Å². The van der Waals surface area contributed by atoms with E-state index < -0.39 is 11.6 Å². The third-order valence-electron chi connectivity index (χ3n) is 5.87. The molecule has 1 amide bonds. The van der Waals surface area contributed by atoms with E-state index in [1.807, 2.05) is 25.2 Å². The number of carbonyl (C=O) groups excluding carboxylic acids is 2. The van der Waals surface area contributed by atoms with Crippen LogP contribution in [-0.4, -0.2) is 74.8 Å². The normalized spacial score (nSPS) is 23.6. The number of nitrogens with zero attached hydrogens (tertiary/aromatic N) is 2. The van der Waals surface area contributed by atoms with Crippen molar-refractivity contribution in [2.75, 3.05) is 53.5 Å². The Bertz CT molecular complexity index is 710. The summed E-state index contributed by atoms with van der Waals surface area (Å²) >= 11 is 11.1. The number of amides is 1.